The number of halogens is 1. The Kier molecular flexibility index (Phi) is 5.15. The van der Waals surface area contributed by atoms with Crippen LogP contribution in [0.25, 0.3) is 10.9 Å². The lowest BCUT2D eigenvalue weighted by atomic mass is 10.1. The van der Waals surface area contributed by atoms with E-state index in [0.29, 0.717) is 18.0 Å². The van der Waals surface area contributed by atoms with Crippen molar-refractivity contribution in [3.63, 3.8) is 0 Å². The van der Waals surface area contributed by atoms with Gasteiger partial charge in [-0.2, -0.15) is 0 Å². The Morgan fingerprint density at radius 2 is 1.92 bits per heavy atom. The highest BCUT2D eigenvalue weighted by Crippen LogP contribution is 2.38. The van der Waals surface area contributed by atoms with E-state index in [1.165, 1.54) is 6.07 Å². The van der Waals surface area contributed by atoms with Crippen LogP contribution in [0.15, 0.2) is 23.1 Å². The second-order valence-electron chi connectivity index (χ2n) is 6.23. The summed E-state index contributed by atoms with van der Waals surface area (Å²) in [6.07, 6.45) is 4.23. The average molecular weight is 347 g/mol. The first kappa shape index (κ1) is 17.6. The zero-order valence-corrected chi connectivity index (χ0v) is 14.2. The first-order valence-electron chi connectivity index (χ1n) is 8.43. The zero-order chi connectivity index (χ0) is 18.0. The topological polar surface area (TPSA) is 74.6 Å². The minimum atomic E-state index is -0.401. The largest absolute Gasteiger partial charge is 0.400 e. The monoisotopic (exact) mass is 347 g/mol. The van der Waals surface area contributed by atoms with E-state index in [9.17, 15) is 14.0 Å². The Hall–Kier alpha value is -2.25. The minimum Gasteiger partial charge on any atom is -0.400 e. The Morgan fingerprint density at radius 3 is 2.52 bits per heavy atom. The molecule has 1 aliphatic carbocycles. The Labute approximate surface area is 144 Å². The van der Waals surface area contributed by atoms with Gasteiger partial charge in [-0.15, -0.1) is 0 Å². The van der Waals surface area contributed by atoms with Crippen LogP contribution in [0.4, 0.5) is 10.1 Å². The Bertz CT molecular complexity index is 840. The lowest BCUT2D eigenvalue weighted by Crippen LogP contribution is -2.43. The molecule has 0 atom stereocenters. The highest BCUT2D eigenvalue weighted by Gasteiger charge is 2.26. The standard InChI is InChI=1S/C17H18FN3O2.CH4O/c18-14-7-13-15(8-16(14)20-5-3-19-4-6-20)21(12-1-2-12)9-11(10-22)17(13)23;1-2/h7-10,12,19H,1-6H2;2H,1H3. The number of aliphatic hydroxyl groups excluding tert-OH is 1. The SMILES string of the molecule is CO.O=Cc1cn(C2CC2)c2cc(N3CCNCC3)c(F)cc2c1=O. The van der Waals surface area contributed by atoms with E-state index < -0.39 is 11.2 Å². The minimum absolute atomic E-state index is 0.0960. The number of fused-ring (bicyclic) bond motifs is 1. The van der Waals surface area contributed by atoms with E-state index >= 15 is 0 Å². The second-order valence-corrected chi connectivity index (χ2v) is 6.23. The number of anilines is 1. The summed E-state index contributed by atoms with van der Waals surface area (Å²) in [7, 11) is 1.00. The van der Waals surface area contributed by atoms with E-state index in [1.54, 1.807) is 12.3 Å². The summed E-state index contributed by atoms with van der Waals surface area (Å²) in [4.78, 5) is 25.5. The summed E-state index contributed by atoms with van der Waals surface area (Å²) in [5, 5.41) is 10.5. The van der Waals surface area contributed by atoms with Crippen LogP contribution in [0, 0.1) is 5.82 Å². The van der Waals surface area contributed by atoms with Gasteiger partial charge in [0.15, 0.2) is 11.7 Å². The number of pyridine rings is 1. The maximum atomic E-state index is 14.6. The second kappa shape index (κ2) is 7.33. The fraction of sp³-hybridized carbons (Fsp3) is 0.444. The van der Waals surface area contributed by atoms with Crippen molar-refractivity contribution in [1.29, 1.82) is 0 Å². The van der Waals surface area contributed by atoms with Crippen molar-refractivity contribution in [2.75, 3.05) is 38.2 Å². The third kappa shape index (κ3) is 3.29. The van der Waals surface area contributed by atoms with Gasteiger partial charge in [0.25, 0.3) is 0 Å². The number of hydrogen-bond acceptors (Lipinski definition) is 5. The molecule has 0 radical (unpaired) electrons. The van der Waals surface area contributed by atoms with Gasteiger partial charge in [0.2, 0.25) is 0 Å². The van der Waals surface area contributed by atoms with Gasteiger partial charge in [0.1, 0.15) is 5.82 Å². The van der Waals surface area contributed by atoms with Crippen molar-refractivity contribution in [2.24, 2.45) is 0 Å². The van der Waals surface area contributed by atoms with Crippen LogP contribution in [0.5, 0.6) is 0 Å². The molecule has 0 spiro atoms. The van der Waals surface area contributed by atoms with Gasteiger partial charge >= 0.3 is 0 Å². The average Bonchev–Trinajstić information content (AvgIpc) is 3.49. The predicted octanol–water partition coefficient (Wildman–Crippen LogP) is 1.31. The smallest absolute Gasteiger partial charge is 0.199 e. The quantitative estimate of drug-likeness (QED) is 0.819. The van der Waals surface area contributed by atoms with E-state index in [0.717, 1.165) is 51.6 Å². The molecule has 0 bridgehead atoms. The van der Waals surface area contributed by atoms with Gasteiger partial charge < -0.3 is 19.9 Å². The maximum Gasteiger partial charge on any atom is 0.199 e. The van der Waals surface area contributed by atoms with Gasteiger partial charge in [0.05, 0.1) is 16.8 Å². The van der Waals surface area contributed by atoms with Crippen LogP contribution in [-0.4, -0.2) is 49.2 Å². The fourth-order valence-electron chi connectivity index (χ4n) is 3.27. The molecule has 2 N–H and O–H groups in total. The number of nitrogens with zero attached hydrogens (tertiary/aromatic N) is 2. The van der Waals surface area contributed by atoms with Gasteiger partial charge in [-0.3, -0.25) is 9.59 Å². The van der Waals surface area contributed by atoms with E-state index in [4.69, 9.17) is 5.11 Å². The molecule has 1 saturated carbocycles. The number of aliphatic hydroxyl groups is 1. The highest BCUT2D eigenvalue weighted by molar-refractivity contribution is 5.88. The molecule has 2 aromatic rings. The maximum absolute atomic E-state index is 14.6. The first-order valence-corrected chi connectivity index (χ1v) is 8.43. The molecular formula is C18H22FN3O3. The molecular weight excluding hydrogens is 325 g/mol. The molecule has 6 nitrogen and oxygen atoms in total. The summed E-state index contributed by atoms with van der Waals surface area (Å²) in [5.74, 6) is -0.401. The zero-order valence-electron chi connectivity index (χ0n) is 14.2. The van der Waals surface area contributed by atoms with Crippen molar-refractivity contribution in [2.45, 2.75) is 18.9 Å². The van der Waals surface area contributed by atoms with Crippen LogP contribution in [0.3, 0.4) is 0 Å². The molecule has 2 fully saturated rings. The fourth-order valence-corrected chi connectivity index (χ4v) is 3.27. The van der Waals surface area contributed by atoms with Crippen LogP contribution in [0.2, 0.25) is 0 Å². The van der Waals surface area contributed by atoms with Crippen molar-refractivity contribution in [3.05, 3.63) is 39.9 Å². The molecule has 25 heavy (non-hydrogen) atoms. The number of nitrogens with one attached hydrogen (secondary N) is 1. The molecule has 1 saturated heterocycles. The molecule has 1 aromatic heterocycles. The summed E-state index contributed by atoms with van der Waals surface area (Å²) < 4.78 is 16.5. The number of carbonyl (C=O) groups excluding carboxylic acids is 1. The molecule has 4 rings (SSSR count). The highest BCUT2D eigenvalue weighted by atomic mass is 19.1. The van der Waals surface area contributed by atoms with Gasteiger partial charge in [-0.25, -0.2) is 4.39 Å². The summed E-state index contributed by atoms with van der Waals surface area (Å²) in [6.45, 7) is 3.11. The molecule has 2 aliphatic rings. The molecule has 0 unspecified atom stereocenters. The molecule has 134 valence electrons. The van der Waals surface area contributed by atoms with E-state index in [2.05, 4.69) is 5.32 Å². The summed E-state index contributed by atoms with van der Waals surface area (Å²) in [5.41, 5.74) is 0.959. The van der Waals surface area contributed by atoms with Gasteiger partial charge in [0, 0.05) is 50.9 Å². The first-order chi connectivity index (χ1) is 12.2. The number of carbonyl (C=O) groups is 1. The van der Waals surface area contributed by atoms with E-state index in [-0.39, 0.29) is 10.9 Å². The molecule has 1 aliphatic heterocycles. The number of benzene rings is 1. The number of aldehydes is 1. The van der Waals surface area contributed by atoms with Crippen LogP contribution < -0.4 is 15.6 Å². The van der Waals surface area contributed by atoms with E-state index in [1.807, 2.05) is 9.47 Å². The number of rotatable bonds is 3. The van der Waals surface area contributed by atoms with Crippen LogP contribution in [0.1, 0.15) is 29.2 Å². The van der Waals surface area contributed by atoms with Crippen molar-refractivity contribution < 1.29 is 14.3 Å². The van der Waals surface area contributed by atoms with Gasteiger partial charge in [-0.1, -0.05) is 0 Å². The predicted molar refractivity (Wildman–Crippen MR) is 95.1 cm³/mol. The molecule has 1 aromatic carbocycles. The van der Waals surface area contributed by atoms with Crippen molar-refractivity contribution in [3.8, 4) is 0 Å². The number of piperazine rings is 1. The Morgan fingerprint density at radius 1 is 1.24 bits per heavy atom. The molecule has 7 heteroatoms. The third-order valence-electron chi connectivity index (χ3n) is 4.65. The lowest BCUT2D eigenvalue weighted by molar-refractivity contribution is 0.112. The summed E-state index contributed by atoms with van der Waals surface area (Å²) >= 11 is 0. The normalized spacial score (nSPS) is 17.2. The van der Waals surface area contributed by atoms with Crippen LogP contribution in [-0.2, 0) is 0 Å². The van der Waals surface area contributed by atoms with Gasteiger partial charge in [-0.05, 0) is 25.0 Å². The molecule has 2 heterocycles. The molecule has 0 amide bonds. The lowest BCUT2D eigenvalue weighted by Gasteiger charge is -2.30. The third-order valence-corrected chi connectivity index (χ3v) is 4.65. The van der Waals surface area contributed by atoms with Crippen molar-refractivity contribution >= 4 is 22.9 Å². The van der Waals surface area contributed by atoms with Crippen LogP contribution >= 0.6 is 0 Å². The number of aromatic nitrogens is 1. The van der Waals surface area contributed by atoms with Crippen molar-refractivity contribution in [1.82, 2.24) is 9.88 Å². The Balaban J connectivity index is 0.000000880. The summed E-state index contributed by atoms with van der Waals surface area (Å²) in [6, 6.07) is 3.36. The number of hydrogen-bond donors (Lipinski definition) is 2.